The molecular formula is C17H23N5O. The maximum atomic E-state index is 9.55. The summed E-state index contributed by atoms with van der Waals surface area (Å²) < 4.78 is 0. The first-order valence-electron chi connectivity index (χ1n) is 8.19. The summed E-state index contributed by atoms with van der Waals surface area (Å²) in [4.78, 5) is 15.0. The van der Waals surface area contributed by atoms with E-state index in [1.807, 2.05) is 18.3 Å². The number of nitrogens with zero attached hydrogens (tertiary/aromatic N) is 4. The minimum atomic E-state index is 0.168. The molecule has 2 N–H and O–H groups in total. The minimum Gasteiger partial charge on any atom is -0.394 e. The summed E-state index contributed by atoms with van der Waals surface area (Å²) in [6, 6.07) is 6.15. The Hall–Kier alpha value is -2.21. The Bertz CT molecular complexity index is 607. The van der Waals surface area contributed by atoms with E-state index in [4.69, 9.17) is 0 Å². The molecular weight excluding hydrogens is 290 g/mol. The summed E-state index contributed by atoms with van der Waals surface area (Å²) in [6.45, 7) is 1.91. The molecule has 0 aromatic carbocycles. The van der Waals surface area contributed by atoms with Crippen molar-refractivity contribution in [3.8, 4) is 0 Å². The maximum Gasteiger partial charge on any atom is 0.134 e. The monoisotopic (exact) mass is 313 g/mol. The smallest absolute Gasteiger partial charge is 0.134 e. The van der Waals surface area contributed by atoms with Crippen molar-refractivity contribution in [2.45, 2.75) is 31.7 Å². The number of hydrogen-bond donors (Lipinski definition) is 2. The first-order chi connectivity index (χ1) is 11.4. The quantitative estimate of drug-likeness (QED) is 0.848. The number of hydrogen-bond acceptors (Lipinski definition) is 6. The Balaban J connectivity index is 1.60. The van der Waals surface area contributed by atoms with Gasteiger partial charge in [0.15, 0.2) is 0 Å². The summed E-state index contributed by atoms with van der Waals surface area (Å²) >= 11 is 0. The van der Waals surface area contributed by atoms with Crippen molar-refractivity contribution in [2.24, 2.45) is 0 Å². The second kappa shape index (κ2) is 7.87. The van der Waals surface area contributed by atoms with E-state index in [-0.39, 0.29) is 12.6 Å². The van der Waals surface area contributed by atoms with Crippen LogP contribution in [0.25, 0.3) is 0 Å². The topological polar surface area (TPSA) is 74.2 Å². The van der Waals surface area contributed by atoms with E-state index in [9.17, 15) is 5.11 Å². The number of nitrogens with one attached hydrogen (secondary N) is 1. The molecule has 1 aliphatic heterocycles. The van der Waals surface area contributed by atoms with Gasteiger partial charge in [-0.05, 0) is 37.3 Å². The standard InChI is InChI=1S/C17H23N5O/c23-12-15-5-1-2-9-22(15)17-10-16(20-13-21-17)19-8-6-14-4-3-7-18-11-14/h3-4,7,10-11,13,15,23H,1-2,5-6,8-9,12H2,(H,19,20,21)/t15-/m0/s1. The number of aliphatic hydroxyl groups excluding tert-OH is 1. The van der Waals surface area contributed by atoms with Crippen LogP contribution in [0.15, 0.2) is 36.9 Å². The fourth-order valence-electron chi connectivity index (χ4n) is 2.97. The van der Waals surface area contributed by atoms with Gasteiger partial charge in [-0.3, -0.25) is 4.98 Å². The molecule has 1 aliphatic rings. The van der Waals surface area contributed by atoms with Crippen LogP contribution >= 0.6 is 0 Å². The molecule has 23 heavy (non-hydrogen) atoms. The lowest BCUT2D eigenvalue weighted by Crippen LogP contribution is -2.42. The van der Waals surface area contributed by atoms with Crippen LogP contribution in [0.1, 0.15) is 24.8 Å². The third kappa shape index (κ3) is 4.16. The van der Waals surface area contributed by atoms with Crippen LogP contribution in [-0.2, 0) is 6.42 Å². The highest BCUT2D eigenvalue weighted by Crippen LogP contribution is 2.23. The lowest BCUT2D eigenvalue weighted by molar-refractivity contribution is 0.239. The van der Waals surface area contributed by atoms with Crippen molar-refractivity contribution < 1.29 is 5.11 Å². The van der Waals surface area contributed by atoms with E-state index in [2.05, 4.69) is 31.2 Å². The minimum absolute atomic E-state index is 0.168. The molecule has 1 saturated heterocycles. The summed E-state index contributed by atoms with van der Waals surface area (Å²) in [7, 11) is 0. The Morgan fingerprint density at radius 2 is 2.26 bits per heavy atom. The molecule has 2 aromatic rings. The molecule has 0 amide bonds. The number of rotatable bonds is 6. The van der Waals surface area contributed by atoms with Crippen LogP contribution in [0.4, 0.5) is 11.6 Å². The largest absolute Gasteiger partial charge is 0.394 e. The molecule has 0 aliphatic carbocycles. The number of pyridine rings is 1. The summed E-state index contributed by atoms with van der Waals surface area (Å²) in [5.41, 5.74) is 1.20. The van der Waals surface area contributed by atoms with E-state index >= 15 is 0 Å². The zero-order chi connectivity index (χ0) is 15.9. The van der Waals surface area contributed by atoms with Gasteiger partial charge in [-0.25, -0.2) is 9.97 Å². The van der Waals surface area contributed by atoms with Crippen LogP contribution in [-0.4, -0.2) is 45.8 Å². The van der Waals surface area contributed by atoms with Gasteiger partial charge >= 0.3 is 0 Å². The van der Waals surface area contributed by atoms with Crippen molar-refractivity contribution in [1.82, 2.24) is 15.0 Å². The van der Waals surface area contributed by atoms with Gasteiger partial charge in [0.1, 0.15) is 18.0 Å². The molecule has 0 saturated carbocycles. The summed E-state index contributed by atoms with van der Waals surface area (Å²) in [6.07, 6.45) is 9.48. The second-order valence-electron chi connectivity index (χ2n) is 5.83. The highest BCUT2D eigenvalue weighted by atomic mass is 16.3. The van der Waals surface area contributed by atoms with E-state index < -0.39 is 0 Å². The molecule has 122 valence electrons. The lowest BCUT2D eigenvalue weighted by atomic mass is 10.0. The molecule has 0 radical (unpaired) electrons. The van der Waals surface area contributed by atoms with Crippen LogP contribution in [0.5, 0.6) is 0 Å². The van der Waals surface area contributed by atoms with Crippen molar-refractivity contribution in [3.63, 3.8) is 0 Å². The van der Waals surface area contributed by atoms with Gasteiger partial charge in [0, 0.05) is 31.5 Å². The van der Waals surface area contributed by atoms with Crippen molar-refractivity contribution in [2.75, 3.05) is 29.9 Å². The Labute approximate surface area is 136 Å². The molecule has 0 unspecified atom stereocenters. The highest BCUT2D eigenvalue weighted by Gasteiger charge is 2.23. The molecule has 3 rings (SSSR count). The van der Waals surface area contributed by atoms with Crippen LogP contribution < -0.4 is 10.2 Å². The molecule has 1 atom stereocenters. The molecule has 2 aromatic heterocycles. The summed E-state index contributed by atoms with van der Waals surface area (Å²) in [5, 5.41) is 12.9. The third-order valence-corrected chi connectivity index (χ3v) is 4.23. The van der Waals surface area contributed by atoms with Gasteiger partial charge in [-0.2, -0.15) is 0 Å². The van der Waals surface area contributed by atoms with Crippen molar-refractivity contribution >= 4 is 11.6 Å². The molecule has 0 spiro atoms. The average Bonchev–Trinajstić information content (AvgIpc) is 2.63. The number of aromatic nitrogens is 3. The van der Waals surface area contributed by atoms with Crippen LogP contribution in [0, 0.1) is 0 Å². The van der Waals surface area contributed by atoms with E-state index in [1.165, 1.54) is 12.0 Å². The Morgan fingerprint density at radius 1 is 1.30 bits per heavy atom. The normalized spacial score (nSPS) is 18.0. The molecule has 1 fully saturated rings. The van der Waals surface area contributed by atoms with E-state index in [0.29, 0.717) is 0 Å². The molecule has 0 bridgehead atoms. The van der Waals surface area contributed by atoms with Crippen molar-refractivity contribution in [3.05, 3.63) is 42.5 Å². The second-order valence-corrected chi connectivity index (χ2v) is 5.83. The fraction of sp³-hybridized carbons (Fsp3) is 0.471. The average molecular weight is 313 g/mol. The van der Waals surface area contributed by atoms with E-state index in [0.717, 1.165) is 44.0 Å². The Kier molecular flexibility index (Phi) is 5.37. The SMILES string of the molecule is OC[C@@H]1CCCCN1c1cc(NCCc2cccnc2)ncn1. The predicted octanol–water partition coefficient (Wildman–Crippen LogP) is 1.88. The molecule has 3 heterocycles. The predicted molar refractivity (Wildman–Crippen MR) is 90.5 cm³/mol. The van der Waals surface area contributed by atoms with Gasteiger partial charge in [0.2, 0.25) is 0 Å². The van der Waals surface area contributed by atoms with Gasteiger partial charge in [0.05, 0.1) is 12.6 Å². The summed E-state index contributed by atoms with van der Waals surface area (Å²) in [5.74, 6) is 1.71. The van der Waals surface area contributed by atoms with Crippen molar-refractivity contribution in [1.29, 1.82) is 0 Å². The molecule has 6 nitrogen and oxygen atoms in total. The third-order valence-electron chi connectivity index (χ3n) is 4.23. The van der Waals surface area contributed by atoms with E-state index in [1.54, 1.807) is 12.5 Å². The van der Waals surface area contributed by atoms with Crippen LogP contribution in [0.2, 0.25) is 0 Å². The first-order valence-corrected chi connectivity index (χ1v) is 8.19. The fourth-order valence-corrected chi connectivity index (χ4v) is 2.97. The lowest BCUT2D eigenvalue weighted by Gasteiger charge is -2.35. The Morgan fingerprint density at radius 3 is 3.09 bits per heavy atom. The zero-order valence-electron chi connectivity index (χ0n) is 13.2. The van der Waals surface area contributed by atoms with Gasteiger partial charge < -0.3 is 15.3 Å². The van der Waals surface area contributed by atoms with Crippen LogP contribution in [0.3, 0.4) is 0 Å². The number of piperidine rings is 1. The molecule has 6 heteroatoms. The van der Waals surface area contributed by atoms with Gasteiger partial charge in [-0.1, -0.05) is 6.07 Å². The number of aliphatic hydroxyl groups is 1. The highest BCUT2D eigenvalue weighted by molar-refractivity contribution is 5.49. The zero-order valence-corrected chi connectivity index (χ0v) is 13.2. The maximum absolute atomic E-state index is 9.55. The first kappa shape index (κ1) is 15.7. The van der Waals surface area contributed by atoms with Gasteiger partial charge in [-0.15, -0.1) is 0 Å². The van der Waals surface area contributed by atoms with Gasteiger partial charge in [0.25, 0.3) is 0 Å². The number of anilines is 2.